The van der Waals surface area contributed by atoms with Crippen molar-refractivity contribution in [3.63, 3.8) is 0 Å². The van der Waals surface area contributed by atoms with Crippen LogP contribution in [0.25, 0.3) is 0 Å². The van der Waals surface area contributed by atoms with Gasteiger partial charge in [0, 0.05) is 18.7 Å². The minimum atomic E-state index is -0.541. The number of nitrogens with one attached hydrogen (secondary N) is 1. The first-order chi connectivity index (χ1) is 12.1. The molecule has 1 heterocycles. The highest BCUT2D eigenvalue weighted by molar-refractivity contribution is 5.94. The zero-order valence-electron chi connectivity index (χ0n) is 13.4. The molecule has 0 bridgehead atoms. The molecule has 1 aliphatic rings. The molecule has 1 saturated heterocycles. The quantitative estimate of drug-likeness (QED) is 0.684. The van der Waals surface area contributed by atoms with Gasteiger partial charge in [0.25, 0.3) is 5.91 Å². The molecule has 1 fully saturated rings. The number of amides is 1. The second kappa shape index (κ2) is 7.85. The van der Waals surface area contributed by atoms with Crippen molar-refractivity contribution in [1.29, 1.82) is 0 Å². The van der Waals surface area contributed by atoms with Gasteiger partial charge in [0.1, 0.15) is 11.6 Å². The number of carbonyl (C=O) groups excluding carboxylic acids is 1. The summed E-state index contributed by atoms with van der Waals surface area (Å²) in [5.41, 5.74) is 3.47. The number of nitrogens with zero attached hydrogens (tertiary/aromatic N) is 2. The maximum absolute atomic E-state index is 14.3. The van der Waals surface area contributed by atoms with Gasteiger partial charge in [-0.15, -0.1) is 0 Å². The monoisotopic (exact) mass is 345 g/mol. The standard InChI is InChI=1S/C18H17F2N3O2/c19-15-3-1-2-14(11-15)18(24)22-21-12-13-4-5-17(16(20)10-13)23-6-8-25-9-7-23/h1-5,10-12H,6-9H2,(H,22,24)/b21-12-. The summed E-state index contributed by atoms with van der Waals surface area (Å²) < 4.78 is 32.6. The Morgan fingerprint density at radius 3 is 2.68 bits per heavy atom. The summed E-state index contributed by atoms with van der Waals surface area (Å²) in [6.45, 7) is 2.45. The third kappa shape index (κ3) is 4.39. The Bertz CT molecular complexity index is 790. The molecule has 7 heteroatoms. The second-order valence-corrected chi connectivity index (χ2v) is 5.52. The molecule has 0 aliphatic carbocycles. The van der Waals surface area contributed by atoms with Crippen LogP contribution in [0.5, 0.6) is 0 Å². The van der Waals surface area contributed by atoms with Crippen LogP contribution in [0.4, 0.5) is 14.5 Å². The van der Waals surface area contributed by atoms with E-state index in [4.69, 9.17) is 4.74 Å². The molecule has 0 radical (unpaired) electrons. The molecule has 1 N–H and O–H groups in total. The Morgan fingerprint density at radius 1 is 1.16 bits per heavy atom. The summed E-state index contributed by atoms with van der Waals surface area (Å²) in [7, 11) is 0. The third-order valence-electron chi connectivity index (χ3n) is 3.79. The Labute approximate surface area is 143 Å². The number of anilines is 1. The van der Waals surface area contributed by atoms with Gasteiger partial charge in [-0.3, -0.25) is 4.79 Å². The Hall–Kier alpha value is -2.80. The van der Waals surface area contributed by atoms with Gasteiger partial charge in [0.2, 0.25) is 0 Å². The fourth-order valence-corrected chi connectivity index (χ4v) is 2.52. The van der Waals surface area contributed by atoms with E-state index in [2.05, 4.69) is 10.5 Å². The van der Waals surface area contributed by atoms with Crippen LogP contribution >= 0.6 is 0 Å². The van der Waals surface area contributed by atoms with Gasteiger partial charge in [-0.05, 0) is 35.9 Å². The minimum absolute atomic E-state index is 0.158. The summed E-state index contributed by atoms with van der Waals surface area (Å²) in [5, 5.41) is 3.78. The Morgan fingerprint density at radius 2 is 1.96 bits per heavy atom. The number of benzene rings is 2. The van der Waals surface area contributed by atoms with E-state index in [0.29, 0.717) is 37.6 Å². The van der Waals surface area contributed by atoms with Crippen molar-refractivity contribution in [2.24, 2.45) is 5.10 Å². The topological polar surface area (TPSA) is 53.9 Å². The zero-order valence-corrected chi connectivity index (χ0v) is 13.4. The first kappa shape index (κ1) is 17.0. The molecule has 0 atom stereocenters. The predicted molar refractivity (Wildman–Crippen MR) is 90.9 cm³/mol. The molecular formula is C18H17F2N3O2. The van der Waals surface area contributed by atoms with Crippen molar-refractivity contribution in [2.75, 3.05) is 31.2 Å². The van der Waals surface area contributed by atoms with Crippen LogP contribution in [0.15, 0.2) is 47.6 Å². The molecule has 25 heavy (non-hydrogen) atoms. The van der Waals surface area contributed by atoms with Crippen molar-refractivity contribution < 1.29 is 18.3 Å². The lowest BCUT2D eigenvalue weighted by atomic mass is 10.2. The van der Waals surface area contributed by atoms with E-state index in [1.165, 1.54) is 30.5 Å². The van der Waals surface area contributed by atoms with Gasteiger partial charge >= 0.3 is 0 Å². The predicted octanol–water partition coefficient (Wildman–Crippen LogP) is 2.57. The molecular weight excluding hydrogens is 328 g/mol. The SMILES string of the molecule is O=C(N/N=C\c1ccc(N2CCOCC2)c(F)c1)c1cccc(F)c1. The third-order valence-corrected chi connectivity index (χ3v) is 3.79. The average Bonchev–Trinajstić information content (AvgIpc) is 2.62. The van der Waals surface area contributed by atoms with E-state index >= 15 is 0 Å². The molecule has 0 aromatic heterocycles. The lowest BCUT2D eigenvalue weighted by Crippen LogP contribution is -2.36. The fourth-order valence-electron chi connectivity index (χ4n) is 2.52. The fraction of sp³-hybridized carbons (Fsp3) is 0.222. The molecule has 2 aromatic carbocycles. The van der Waals surface area contributed by atoms with Crippen molar-refractivity contribution in [3.8, 4) is 0 Å². The van der Waals surface area contributed by atoms with Crippen LogP contribution in [0, 0.1) is 11.6 Å². The summed E-state index contributed by atoms with van der Waals surface area (Å²) in [6.07, 6.45) is 1.34. The van der Waals surface area contributed by atoms with Gasteiger partial charge in [0.15, 0.2) is 0 Å². The number of hydrazone groups is 1. The molecule has 0 saturated carbocycles. The van der Waals surface area contributed by atoms with E-state index in [1.54, 1.807) is 12.1 Å². The van der Waals surface area contributed by atoms with Crippen molar-refractivity contribution in [2.45, 2.75) is 0 Å². The molecule has 0 spiro atoms. The van der Waals surface area contributed by atoms with Crippen molar-refractivity contribution in [3.05, 3.63) is 65.2 Å². The summed E-state index contributed by atoms with van der Waals surface area (Å²) in [5.74, 6) is -1.40. The van der Waals surface area contributed by atoms with E-state index in [1.807, 2.05) is 4.90 Å². The van der Waals surface area contributed by atoms with Gasteiger partial charge < -0.3 is 9.64 Å². The number of morpholine rings is 1. The van der Waals surface area contributed by atoms with E-state index in [0.717, 1.165) is 6.07 Å². The van der Waals surface area contributed by atoms with Crippen LogP contribution in [-0.4, -0.2) is 38.4 Å². The number of carbonyl (C=O) groups is 1. The molecule has 3 rings (SSSR count). The van der Waals surface area contributed by atoms with Crippen LogP contribution in [0.2, 0.25) is 0 Å². The number of ether oxygens (including phenoxy) is 1. The number of halogens is 2. The second-order valence-electron chi connectivity index (χ2n) is 5.52. The highest BCUT2D eigenvalue weighted by Gasteiger charge is 2.15. The molecule has 5 nitrogen and oxygen atoms in total. The lowest BCUT2D eigenvalue weighted by molar-refractivity contribution is 0.0954. The van der Waals surface area contributed by atoms with Crippen LogP contribution in [-0.2, 0) is 4.74 Å². The van der Waals surface area contributed by atoms with Crippen LogP contribution in [0.3, 0.4) is 0 Å². The lowest BCUT2D eigenvalue weighted by Gasteiger charge is -2.29. The molecule has 1 aliphatic heterocycles. The highest BCUT2D eigenvalue weighted by atomic mass is 19.1. The first-order valence-corrected chi connectivity index (χ1v) is 7.85. The zero-order chi connectivity index (χ0) is 17.6. The van der Waals surface area contributed by atoms with Gasteiger partial charge in [-0.2, -0.15) is 5.10 Å². The van der Waals surface area contributed by atoms with E-state index < -0.39 is 11.7 Å². The van der Waals surface area contributed by atoms with Gasteiger partial charge in [-0.1, -0.05) is 12.1 Å². The normalized spacial score (nSPS) is 14.7. The van der Waals surface area contributed by atoms with Crippen LogP contribution in [0.1, 0.15) is 15.9 Å². The molecule has 2 aromatic rings. The van der Waals surface area contributed by atoms with Crippen molar-refractivity contribution >= 4 is 17.8 Å². The Balaban J connectivity index is 1.63. The Kier molecular flexibility index (Phi) is 5.35. The van der Waals surface area contributed by atoms with Crippen molar-refractivity contribution in [1.82, 2.24) is 5.43 Å². The summed E-state index contributed by atoms with van der Waals surface area (Å²) in [4.78, 5) is 13.8. The first-order valence-electron chi connectivity index (χ1n) is 7.85. The largest absolute Gasteiger partial charge is 0.378 e. The summed E-state index contributed by atoms with van der Waals surface area (Å²) in [6, 6.07) is 10.0. The maximum Gasteiger partial charge on any atom is 0.271 e. The number of rotatable bonds is 4. The average molecular weight is 345 g/mol. The van der Waals surface area contributed by atoms with E-state index in [9.17, 15) is 13.6 Å². The summed E-state index contributed by atoms with van der Waals surface area (Å²) >= 11 is 0. The molecule has 1 amide bonds. The van der Waals surface area contributed by atoms with E-state index in [-0.39, 0.29) is 11.4 Å². The van der Waals surface area contributed by atoms with Gasteiger partial charge in [0.05, 0.1) is 25.1 Å². The minimum Gasteiger partial charge on any atom is -0.378 e. The number of hydrogen-bond acceptors (Lipinski definition) is 4. The molecule has 0 unspecified atom stereocenters. The van der Waals surface area contributed by atoms with Gasteiger partial charge in [-0.25, -0.2) is 14.2 Å². The maximum atomic E-state index is 14.3. The molecule has 130 valence electrons. The van der Waals surface area contributed by atoms with Crippen LogP contribution < -0.4 is 10.3 Å². The number of hydrogen-bond donors (Lipinski definition) is 1. The highest BCUT2D eigenvalue weighted by Crippen LogP contribution is 2.21. The smallest absolute Gasteiger partial charge is 0.271 e.